The van der Waals surface area contributed by atoms with Gasteiger partial charge in [0, 0.05) is 5.39 Å². The minimum Gasteiger partial charge on any atom is -0.299 e. The van der Waals surface area contributed by atoms with Crippen LogP contribution in [0.3, 0.4) is 0 Å². The van der Waals surface area contributed by atoms with Crippen LogP contribution in [0.25, 0.3) is 21.6 Å². The molecule has 3 nitrogen and oxygen atoms in total. The van der Waals surface area contributed by atoms with Gasteiger partial charge in [-0.25, -0.2) is 9.97 Å². The largest absolute Gasteiger partial charge is 0.299 e. The second kappa shape index (κ2) is 5.95. The van der Waals surface area contributed by atoms with Gasteiger partial charge in [0.15, 0.2) is 5.82 Å². The van der Waals surface area contributed by atoms with Crippen molar-refractivity contribution in [2.24, 2.45) is 0 Å². The van der Waals surface area contributed by atoms with Gasteiger partial charge >= 0.3 is 0 Å². The van der Waals surface area contributed by atoms with Gasteiger partial charge in [0.1, 0.15) is 10.8 Å². The van der Waals surface area contributed by atoms with E-state index < -0.39 is 0 Å². The van der Waals surface area contributed by atoms with Crippen LogP contribution in [-0.4, -0.2) is 21.0 Å². The highest BCUT2D eigenvalue weighted by atomic mass is 32.2. The lowest BCUT2D eigenvalue weighted by Gasteiger charge is -2.10. The summed E-state index contributed by atoms with van der Waals surface area (Å²) in [6.45, 7) is 3.52. The Bertz CT molecular complexity index is 784. The van der Waals surface area contributed by atoms with E-state index in [1.165, 1.54) is 11.8 Å². The standard InChI is InChI=1S/C16H14N2OS2/c1-10(19)11(2)21-16-12-6-3-4-7-13(12)17-15(18-16)14-8-5-9-20-14/h3-9,11H,1-2H3/t11-/m1/s1. The lowest BCUT2D eigenvalue weighted by molar-refractivity contribution is -0.116. The number of fused-ring (bicyclic) bond motifs is 1. The summed E-state index contributed by atoms with van der Waals surface area (Å²) in [6.07, 6.45) is 0. The molecular weight excluding hydrogens is 300 g/mol. The highest BCUT2D eigenvalue weighted by Crippen LogP contribution is 2.32. The van der Waals surface area contributed by atoms with Gasteiger partial charge < -0.3 is 0 Å². The van der Waals surface area contributed by atoms with E-state index in [0.29, 0.717) is 0 Å². The van der Waals surface area contributed by atoms with E-state index in [9.17, 15) is 4.79 Å². The predicted octanol–water partition coefficient (Wildman–Crippen LogP) is 4.43. The van der Waals surface area contributed by atoms with Crippen molar-refractivity contribution in [2.75, 3.05) is 0 Å². The Labute approximate surface area is 131 Å². The zero-order valence-electron chi connectivity index (χ0n) is 11.7. The molecule has 2 heterocycles. The highest BCUT2D eigenvalue weighted by Gasteiger charge is 2.15. The first-order valence-electron chi connectivity index (χ1n) is 6.63. The molecule has 21 heavy (non-hydrogen) atoms. The number of carbonyl (C=O) groups is 1. The number of rotatable bonds is 4. The van der Waals surface area contributed by atoms with Crippen molar-refractivity contribution in [3.05, 3.63) is 41.8 Å². The molecule has 0 radical (unpaired) electrons. The van der Waals surface area contributed by atoms with E-state index in [2.05, 4.69) is 9.97 Å². The monoisotopic (exact) mass is 314 g/mol. The fourth-order valence-corrected chi connectivity index (χ4v) is 3.50. The molecule has 0 amide bonds. The Morgan fingerprint density at radius 3 is 2.71 bits per heavy atom. The number of aromatic nitrogens is 2. The number of Topliss-reactive ketones (excluding diaryl/α,β-unsaturated/α-hetero) is 1. The number of hydrogen-bond donors (Lipinski definition) is 0. The number of thiophene rings is 1. The molecule has 1 atom stereocenters. The molecule has 2 aromatic heterocycles. The van der Waals surface area contributed by atoms with Crippen LogP contribution in [0, 0.1) is 0 Å². The number of nitrogens with zero attached hydrogens (tertiary/aromatic N) is 2. The first kappa shape index (κ1) is 14.2. The van der Waals surface area contributed by atoms with Crippen LogP contribution in [-0.2, 0) is 4.79 Å². The SMILES string of the molecule is CC(=O)[C@@H](C)Sc1nc(-c2cccs2)nc2ccccc12. The van der Waals surface area contributed by atoms with Gasteiger partial charge in [-0.15, -0.1) is 11.3 Å². The maximum Gasteiger partial charge on any atom is 0.171 e. The van der Waals surface area contributed by atoms with Gasteiger partial charge in [-0.3, -0.25) is 4.79 Å². The summed E-state index contributed by atoms with van der Waals surface area (Å²) in [5, 5.41) is 3.76. The van der Waals surface area contributed by atoms with Gasteiger partial charge in [-0.05, 0) is 31.4 Å². The van der Waals surface area contributed by atoms with Gasteiger partial charge in [-0.1, -0.05) is 36.0 Å². The van der Waals surface area contributed by atoms with Crippen molar-refractivity contribution in [1.29, 1.82) is 0 Å². The Balaban J connectivity index is 2.14. The van der Waals surface area contributed by atoms with Crippen molar-refractivity contribution in [3.63, 3.8) is 0 Å². The Kier molecular flexibility index (Phi) is 4.03. The summed E-state index contributed by atoms with van der Waals surface area (Å²) in [6, 6.07) is 11.9. The van der Waals surface area contributed by atoms with Crippen LogP contribution in [0.5, 0.6) is 0 Å². The number of carbonyl (C=O) groups excluding carboxylic acids is 1. The average molecular weight is 314 g/mol. The van der Waals surface area contributed by atoms with E-state index >= 15 is 0 Å². The van der Waals surface area contributed by atoms with Crippen molar-refractivity contribution < 1.29 is 4.79 Å². The number of ketones is 1. The molecular formula is C16H14N2OS2. The van der Waals surface area contributed by atoms with Crippen LogP contribution < -0.4 is 0 Å². The van der Waals surface area contributed by atoms with Gasteiger partial charge in [0.25, 0.3) is 0 Å². The molecule has 0 saturated carbocycles. The van der Waals surface area contributed by atoms with Gasteiger partial charge in [0.05, 0.1) is 15.6 Å². The molecule has 3 rings (SSSR count). The van der Waals surface area contributed by atoms with Crippen LogP contribution in [0.1, 0.15) is 13.8 Å². The summed E-state index contributed by atoms with van der Waals surface area (Å²) in [5.74, 6) is 0.877. The predicted molar refractivity (Wildman–Crippen MR) is 88.9 cm³/mol. The summed E-state index contributed by atoms with van der Waals surface area (Å²) >= 11 is 3.11. The van der Waals surface area contributed by atoms with E-state index in [1.807, 2.05) is 48.7 Å². The van der Waals surface area contributed by atoms with E-state index in [1.54, 1.807) is 18.3 Å². The third-order valence-electron chi connectivity index (χ3n) is 3.17. The van der Waals surface area contributed by atoms with Crippen molar-refractivity contribution in [1.82, 2.24) is 9.97 Å². The third kappa shape index (κ3) is 2.99. The third-order valence-corrected chi connectivity index (χ3v) is 5.26. The fourth-order valence-electron chi connectivity index (χ4n) is 1.90. The zero-order valence-corrected chi connectivity index (χ0v) is 13.4. The van der Waals surface area contributed by atoms with Gasteiger partial charge in [-0.2, -0.15) is 0 Å². The smallest absolute Gasteiger partial charge is 0.171 e. The first-order chi connectivity index (χ1) is 10.1. The maximum absolute atomic E-state index is 11.5. The van der Waals surface area contributed by atoms with E-state index in [-0.39, 0.29) is 11.0 Å². The van der Waals surface area contributed by atoms with Gasteiger partial charge in [0.2, 0.25) is 0 Å². The molecule has 0 spiro atoms. The molecule has 0 aliphatic rings. The van der Waals surface area contributed by atoms with Crippen molar-refractivity contribution in [2.45, 2.75) is 24.1 Å². The number of para-hydroxylation sites is 1. The molecule has 0 N–H and O–H groups in total. The van der Waals surface area contributed by atoms with Crippen molar-refractivity contribution >= 4 is 39.8 Å². The summed E-state index contributed by atoms with van der Waals surface area (Å²) in [4.78, 5) is 21.9. The van der Waals surface area contributed by atoms with Crippen LogP contribution in [0.4, 0.5) is 0 Å². The Morgan fingerprint density at radius 2 is 2.00 bits per heavy atom. The molecule has 1 aromatic carbocycles. The second-order valence-corrected chi connectivity index (χ2v) is 6.99. The fraction of sp³-hybridized carbons (Fsp3) is 0.188. The van der Waals surface area contributed by atoms with E-state index in [4.69, 9.17) is 0 Å². The summed E-state index contributed by atoms with van der Waals surface area (Å²) in [7, 11) is 0. The molecule has 0 unspecified atom stereocenters. The summed E-state index contributed by atoms with van der Waals surface area (Å²) in [5.41, 5.74) is 0.911. The molecule has 3 aromatic rings. The molecule has 0 bridgehead atoms. The maximum atomic E-state index is 11.5. The Hall–Kier alpha value is -1.72. The summed E-state index contributed by atoms with van der Waals surface area (Å²) < 4.78 is 0. The molecule has 106 valence electrons. The molecule has 0 aliphatic carbocycles. The normalized spacial score (nSPS) is 12.5. The van der Waals surface area contributed by atoms with Crippen molar-refractivity contribution in [3.8, 4) is 10.7 Å². The van der Waals surface area contributed by atoms with Crippen LogP contribution in [0.15, 0.2) is 46.8 Å². The quantitative estimate of drug-likeness (QED) is 0.528. The minimum absolute atomic E-state index is 0.112. The number of hydrogen-bond acceptors (Lipinski definition) is 5. The molecule has 0 saturated heterocycles. The lowest BCUT2D eigenvalue weighted by atomic mass is 10.2. The Morgan fingerprint density at radius 1 is 1.19 bits per heavy atom. The minimum atomic E-state index is -0.112. The topological polar surface area (TPSA) is 42.9 Å². The number of thioether (sulfide) groups is 1. The highest BCUT2D eigenvalue weighted by molar-refractivity contribution is 8.00. The first-order valence-corrected chi connectivity index (χ1v) is 8.39. The van der Waals surface area contributed by atoms with Crippen LogP contribution in [0.2, 0.25) is 0 Å². The molecule has 5 heteroatoms. The zero-order chi connectivity index (χ0) is 14.8. The van der Waals surface area contributed by atoms with E-state index in [0.717, 1.165) is 26.6 Å². The molecule has 0 aliphatic heterocycles. The lowest BCUT2D eigenvalue weighted by Crippen LogP contribution is -2.08. The second-order valence-electron chi connectivity index (χ2n) is 4.72. The van der Waals surface area contributed by atoms with Crippen LogP contribution >= 0.6 is 23.1 Å². The average Bonchev–Trinajstić information content (AvgIpc) is 3.01. The molecule has 0 fully saturated rings. The number of benzene rings is 1.